The number of guanidine groups is 1. The highest BCUT2D eigenvalue weighted by atomic mass is 16.5. The topological polar surface area (TPSA) is 58.1 Å². The number of hydrogen-bond acceptors (Lipinski definition) is 4. The predicted octanol–water partition coefficient (Wildman–Crippen LogP) is 1.33. The van der Waals surface area contributed by atoms with Gasteiger partial charge in [-0.15, -0.1) is 0 Å². The minimum atomic E-state index is 0.686. The summed E-state index contributed by atoms with van der Waals surface area (Å²) in [4.78, 5) is 6.64. The molecule has 0 unspecified atom stereocenters. The monoisotopic (exact) mass is 328 g/mol. The van der Waals surface area contributed by atoms with Crippen LogP contribution in [0, 0.1) is 5.92 Å². The van der Waals surface area contributed by atoms with Crippen LogP contribution in [0.4, 0.5) is 0 Å². The number of ether oxygens (including phenoxy) is 2. The molecule has 0 atom stereocenters. The van der Waals surface area contributed by atoms with E-state index in [9.17, 15) is 0 Å². The molecule has 1 saturated heterocycles. The molecule has 6 heteroatoms. The van der Waals surface area contributed by atoms with Gasteiger partial charge in [-0.2, -0.15) is 0 Å². The van der Waals surface area contributed by atoms with Crippen molar-refractivity contribution in [2.24, 2.45) is 10.9 Å². The fourth-order valence-electron chi connectivity index (χ4n) is 2.64. The summed E-state index contributed by atoms with van der Waals surface area (Å²) >= 11 is 0. The first-order chi connectivity index (χ1) is 11.3. The van der Waals surface area contributed by atoms with E-state index in [4.69, 9.17) is 9.47 Å². The van der Waals surface area contributed by atoms with Crippen molar-refractivity contribution in [2.75, 3.05) is 66.2 Å². The van der Waals surface area contributed by atoms with Gasteiger partial charge >= 0.3 is 0 Å². The van der Waals surface area contributed by atoms with E-state index in [1.807, 2.05) is 7.05 Å². The van der Waals surface area contributed by atoms with Crippen LogP contribution >= 0.6 is 0 Å². The summed E-state index contributed by atoms with van der Waals surface area (Å²) in [5.74, 6) is 1.56. The van der Waals surface area contributed by atoms with Crippen molar-refractivity contribution < 1.29 is 9.47 Å². The average Bonchev–Trinajstić information content (AvgIpc) is 2.60. The Kier molecular flexibility index (Phi) is 11.9. The Morgan fingerprint density at radius 1 is 1.17 bits per heavy atom. The zero-order chi connectivity index (χ0) is 16.8. The van der Waals surface area contributed by atoms with Gasteiger partial charge in [0.2, 0.25) is 0 Å². The summed E-state index contributed by atoms with van der Waals surface area (Å²) in [5, 5.41) is 6.69. The van der Waals surface area contributed by atoms with Crippen LogP contribution in [0.3, 0.4) is 0 Å². The highest BCUT2D eigenvalue weighted by Gasteiger charge is 2.13. The second-order valence-electron chi connectivity index (χ2n) is 5.94. The van der Waals surface area contributed by atoms with Gasteiger partial charge in [-0.05, 0) is 38.3 Å². The molecule has 0 aromatic heterocycles. The van der Waals surface area contributed by atoms with Crippen molar-refractivity contribution in [1.82, 2.24) is 15.5 Å². The Morgan fingerprint density at radius 3 is 2.52 bits per heavy atom. The zero-order valence-electron chi connectivity index (χ0n) is 15.3. The second kappa shape index (κ2) is 13.6. The standard InChI is InChI=1S/C17H36N4O2/c1-4-21(5-2)11-10-20-17(18-3)19-9-6-12-23-15-16-7-13-22-14-8-16/h16H,4-15H2,1-3H3,(H2,18,19,20). The molecule has 1 rings (SSSR count). The summed E-state index contributed by atoms with van der Waals surface area (Å²) in [6.45, 7) is 12.9. The van der Waals surface area contributed by atoms with E-state index in [0.717, 1.165) is 84.4 Å². The molecule has 1 aliphatic rings. The maximum atomic E-state index is 5.77. The first kappa shape index (κ1) is 20.2. The lowest BCUT2D eigenvalue weighted by molar-refractivity contribution is 0.0203. The SMILES string of the molecule is CCN(CC)CCNC(=NC)NCCCOCC1CCOCC1. The van der Waals surface area contributed by atoms with Crippen molar-refractivity contribution in [1.29, 1.82) is 0 Å². The second-order valence-corrected chi connectivity index (χ2v) is 5.94. The lowest BCUT2D eigenvalue weighted by Gasteiger charge is -2.21. The molecule has 1 heterocycles. The van der Waals surface area contributed by atoms with E-state index in [1.165, 1.54) is 0 Å². The fraction of sp³-hybridized carbons (Fsp3) is 0.941. The van der Waals surface area contributed by atoms with Gasteiger partial charge in [0.15, 0.2) is 5.96 Å². The normalized spacial score (nSPS) is 16.8. The first-order valence-corrected chi connectivity index (χ1v) is 9.12. The van der Waals surface area contributed by atoms with Crippen LogP contribution in [-0.4, -0.2) is 77.1 Å². The van der Waals surface area contributed by atoms with E-state index in [1.54, 1.807) is 0 Å². The molecule has 1 aliphatic heterocycles. The molecule has 0 aliphatic carbocycles. The summed E-state index contributed by atoms with van der Waals surface area (Å²) < 4.78 is 11.1. The Balaban J connectivity index is 1.97. The largest absolute Gasteiger partial charge is 0.381 e. The fourth-order valence-corrected chi connectivity index (χ4v) is 2.64. The van der Waals surface area contributed by atoms with E-state index in [0.29, 0.717) is 5.92 Å². The van der Waals surface area contributed by atoms with Gasteiger partial charge in [-0.1, -0.05) is 13.8 Å². The highest BCUT2D eigenvalue weighted by molar-refractivity contribution is 5.79. The van der Waals surface area contributed by atoms with Gasteiger partial charge in [0.25, 0.3) is 0 Å². The van der Waals surface area contributed by atoms with Gasteiger partial charge in [0.05, 0.1) is 0 Å². The first-order valence-electron chi connectivity index (χ1n) is 9.12. The molecular formula is C17H36N4O2. The Morgan fingerprint density at radius 2 is 1.87 bits per heavy atom. The van der Waals surface area contributed by atoms with Crippen molar-refractivity contribution in [3.05, 3.63) is 0 Å². The van der Waals surface area contributed by atoms with Gasteiger partial charge in [-0.3, -0.25) is 4.99 Å². The maximum absolute atomic E-state index is 5.77. The number of likely N-dealkylation sites (N-methyl/N-ethyl adjacent to an activating group) is 1. The molecule has 0 aromatic rings. The molecule has 6 nitrogen and oxygen atoms in total. The molecule has 136 valence electrons. The molecule has 0 amide bonds. The van der Waals surface area contributed by atoms with Crippen LogP contribution in [0.25, 0.3) is 0 Å². The number of aliphatic imine (C=N–C) groups is 1. The molecular weight excluding hydrogens is 292 g/mol. The zero-order valence-corrected chi connectivity index (χ0v) is 15.3. The van der Waals surface area contributed by atoms with Crippen molar-refractivity contribution in [3.63, 3.8) is 0 Å². The molecule has 0 spiro atoms. The lowest BCUT2D eigenvalue weighted by Crippen LogP contribution is -2.42. The Bertz CT molecular complexity index is 303. The van der Waals surface area contributed by atoms with Crippen LogP contribution in [0.15, 0.2) is 4.99 Å². The van der Waals surface area contributed by atoms with Crippen molar-refractivity contribution in [3.8, 4) is 0 Å². The number of hydrogen-bond donors (Lipinski definition) is 2. The van der Waals surface area contributed by atoms with Crippen LogP contribution < -0.4 is 10.6 Å². The number of rotatable bonds is 11. The van der Waals surface area contributed by atoms with Crippen LogP contribution in [0.5, 0.6) is 0 Å². The molecule has 23 heavy (non-hydrogen) atoms. The van der Waals surface area contributed by atoms with Gasteiger partial charge in [0.1, 0.15) is 0 Å². The molecule has 0 aromatic carbocycles. The third kappa shape index (κ3) is 9.79. The Labute approximate surface area is 142 Å². The lowest BCUT2D eigenvalue weighted by atomic mass is 10.0. The molecule has 0 saturated carbocycles. The van der Waals surface area contributed by atoms with Crippen LogP contribution in [-0.2, 0) is 9.47 Å². The minimum absolute atomic E-state index is 0.686. The van der Waals surface area contributed by atoms with Gasteiger partial charge in [0, 0.05) is 53.1 Å². The Hall–Kier alpha value is -0.850. The molecule has 0 radical (unpaired) electrons. The predicted molar refractivity (Wildman–Crippen MR) is 96.1 cm³/mol. The maximum Gasteiger partial charge on any atom is 0.191 e. The van der Waals surface area contributed by atoms with E-state index < -0.39 is 0 Å². The third-order valence-electron chi connectivity index (χ3n) is 4.29. The highest BCUT2D eigenvalue weighted by Crippen LogP contribution is 2.14. The minimum Gasteiger partial charge on any atom is -0.381 e. The molecule has 2 N–H and O–H groups in total. The molecule has 0 bridgehead atoms. The number of nitrogens with zero attached hydrogens (tertiary/aromatic N) is 2. The third-order valence-corrected chi connectivity index (χ3v) is 4.29. The quantitative estimate of drug-likeness (QED) is 0.340. The van der Waals surface area contributed by atoms with Crippen molar-refractivity contribution in [2.45, 2.75) is 33.1 Å². The molecule has 1 fully saturated rings. The van der Waals surface area contributed by atoms with E-state index in [2.05, 4.69) is 34.4 Å². The summed E-state index contributed by atoms with van der Waals surface area (Å²) in [6.07, 6.45) is 3.28. The van der Waals surface area contributed by atoms with Crippen LogP contribution in [0.1, 0.15) is 33.1 Å². The average molecular weight is 329 g/mol. The van der Waals surface area contributed by atoms with Crippen LogP contribution in [0.2, 0.25) is 0 Å². The number of nitrogens with one attached hydrogen (secondary N) is 2. The summed E-state index contributed by atoms with van der Waals surface area (Å²) in [6, 6.07) is 0. The van der Waals surface area contributed by atoms with Crippen molar-refractivity contribution >= 4 is 5.96 Å². The van der Waals surface area contributed by atoms with E-state index >= 15 is 0 Å². The summed E-state index contributed by atoms with van der Waals surface area (Å²) in [5.41, 5.74) is 0. The smallest absolute Gasteiger partial charge is 0.191 e. The van der Waals surface area contributed by atoms with Gasteiger partial charge in [-0.25, -0.2) is 0 Å². The summed E-state index contributed by atoms with van der Waals surface area (Å²) in [7, 11) is 1.81. The van der Waals surface area contributed by atoms with E-state index in [-0.39, 0.29) is 0 Å². The van der Waals surface area contributed by atoms with Gasteiger partial charge < -0.3 is 25.0 Å².